The molecule has 1 aliphatic rings. The van der Waals surface area contributed by atoms with E-state index < -0.39 is 0 Å². The summed E-state index contributed by atoms with van der Waals surface area (Å²) < 4.78 is 5.28. The minimum Gasteiger partial charge on any atom is -0.481 e. The first-order chi connectivity index (χ1) is 8.83. The first-order valence-corrected chi connectivity index (χ1v) is 6.46. The molecule has 0 radical (unpaired) electrons. The molecule has 0 aromatic carbocycles. The average Bonchev–Trinajstić information content (AvgIpc) is 2.42. The van der Waals surface area contributed by atoms with Crippen molar-refractivity contribution in [3.63, 3.8) is 0 Å². The monoisotopic (exact) mass is 250 g/mol. The molecule has 0 spiro atoms. The zero-order chi connectivity index (χ0) is 12.8. The zero-order valence-electron chi connectivity index (χ0n) is 11.0. The summed E-state index contributed by atoms with van der Waals surface area (Å²) in [4.78, 5) is 9.08. The highest BCUT2D eigenvalue weighted by Gasteiger charge is 2.17. The summed E-state index contributed by atoms with van der Waals surface area (Å²) in [6.07, 6.45) is 1.77. The maximum absolute atomic E-state index is 5.58. The van der Waals surface area contributed by atoms with Crippen LogP contribution in [0.15, 0.2) is 18.3 Å². The number of hydrogen-bond acceptors (Lipinski definition) is 5. The Kier molecular flexibility index (Phi) is 4.92. The van der Waals surface area contributed by atoms with Crippen molar-refractivity contribution in [3.8, 4) is 5.88 Å². The summed E-state index contributed by atoms with van der Waals surface area (Å²) in [6.45, 7) is 7.02. The molecule has 0 amide bonds. The number of ether oxygens (including phenoxy) is 1. The third-order valence-electron chi connectivity index (χ3n) is 3.35. The Morgan fingerprint density at radius 1 is 1.28 bits per heavy atom. The third-order valence-corrected chi connectivity index (χ3v) is 3.35. The van der Waals surface area contributed by atoms with Gasteiger partial charge in [-0.15, -0.1) is 0 Å². The highest BCUT2D eigenvalue weighted by Crippen LogP contribution is 2.16. The number of aromatic nitrogens is 1. The first-order valence-electron chi connectivity index (χ1n) is 6.46. The topological polar surface area (TPSA) is 54.6 Å². The summed E-state index contributed by atoms with van der Waals surface area (Å²) in [7, 11) is 1.67. The van der Waals surface area contributed by atoms with E-state index in [1.165, 1.54) is 0 Å². The van der Waals surface area contributed by atoms with Crippen LogP contribution in [0.1, 0.15) is 5.56 Å². The molecule has 1 saturated heterocycles. The molecule has 2 heterocycles. The predicted molar refractivity (Wildman–Crippen MR) is 71.6 cm³/mol. The van der Waals surface area contributed by atoms with Crippen LogP contribution < -0.4 is 10.5 Å². The number of methoxy groups -OCH3 is 1. The largest absolute Gasteiger partial charge is 0.481 e. The molecule has 1 aromatic rings. The maximum atomic E-state index is 5.58. The summed E-state index contributed by atoms with van der Waals surface area (Å²) in [5, 5.41) is 0. The SMILES string of the molecule is COc1ncccc1CN1CCN(CCN)CC1. The molecule has 1 aliphatic heterocycles. The number of piperazine rings is 1. The zero-order valence-corrected chi connectivity index (χ0v) is 11.0. The van der Waals surface area contributed by atoms with E-state index in [0.717, 1.165) is 57.3 Å². The van der Waals surface area contributed by atoms with Gasteiger partial charge in [-0.2, -0.15) is 0 Å². The number of pyridine rings is 1. The van der Waals surface area contributed by atoms with Crippen molar-refractivity contribution < 1.29 is 4.74 Å². The lowest BCUT2D eigenvalue weighted by molar-refractivity contribution is 0.129. The lowest BCUT2D eigenvalue weighted by Crippen LogP contribution is -2.47. The van der Waals surface area contributed by atoms with Gasteiger partial charge in [0.2, 0.25) is 5.88 Å². The third kappa shape index (κ3) is 3.41. The van der Waals surface area contributed by atoms with Gasteiger partial charge in [0.05, 0.1) is 7.11 Å². The van der Waals surface area contributed by atoms with Crippen LogP contribution in [0, 0.1) is 0 Å². The molecule has 100 valence electrons. The van der Waals surface area contributed by atoms with Crippen molar-refractivity contribution in [2.24, 2.45) is 5.73 Å². The fourth-order valence-corrected chi connectivity index (χ4v) is 2.32. The first kappa shape index (κ1) is 13.3. The van der Waals surface area contributed by atoms with Gasteiger partial charge in [-0.3, -0.25) is 9.80 Å². The summed E-state index contributed by atoms with van der Waals surface area (Å²) in [5.41, 5.74) is 6.73. The predicted octanol–water partition coefficient (Wildman–Crippen LogP) is 0.167. The van der Waals surface area contributed by atoms with Gasteiger partial charge < -0.3 is 10.5 Å². The molecule has 0 atom stereocenters. The highest BCUT2D eigenvalue weighted by molar-refractivity contribution is 5.25. The molecule has 18 heavy (non-hydrogen) atoms. The maximum Gasteiger partial charge on any atom is 0.217 e. The Bertz CT molecular complexity index is 364. The molecular weight excluding hydrogens is 228 g/mol. The van der Waals surface area contributed by atoms with E-state index in [1.54, 1.807) is 13.3 Å². The van der Waals surface area contributed by atoms with Crippen LogP contribution in [-0.4, -0.2) is 61.2 Å². The second-order valence-electron chi connectivity index (χ2n) is 4.58. The van der Waals surface area contributed by atoms with Crippen LogP contribution in [0.4, 0.5) is 0 Å². The van der Waals surface area contributed by atoms with Gasteiger partial charge in [0.1, 0.15) is 0 Å². The number of nitrogens with two attached hydrogens (primary N) is 1. The molecule has 0 unspecified atom stereocenters. The molecular formula is C13H22N4O. The molecule has 0 aliphatic carbocycles. The van der Waals surface area contributed by atoms with Gasteiger partial charge in [-0.1, -0.05) is 6.07 Å². The van der Waals surface area contributed by atoms with E-state index in [2.05, 4.69) is 20.9 Å². The van der Waals surface area contributed by atoms with Gasteiger partial charge in [-0.25, -0.2) is 4.98 Å². The number of nitrogens with zero attached hydrogens (tertiary/aromatic N) is 3. The van der Waals surface area contributed by atoms with Gasteiger partial charge in [0, 0.05) is 57.6 Å². The fourth-order valence-electron chi connectivity index (χ4n) is 2.32. The van der Waals surface area contributed by atoms with Gasteiger partial charge in [0.25, 0.3) is 0 Å². The lowest BCUT2D eigenvalue weighted by atomic mass is 10.2. The van der Waals surface area contributed by atoms with Crippen LogP contribution >= 0.6 is 0 Å². The molecule has 0 bridgehead atoms. The Labute approximate surface area is 109 Å². The standard InChI is InChI=1S/C13H22N4O/c1-18-13-12(3-2-5-15-13)11-17-9-7-16(6-4-14)8-10-17/h2-3,5H,4,6-11,14H2,1H3. The lowest BCUT2D eigenvalue weighted by Gasteiger charge is -2.34. The number of rotatable bonds is 5. The van der Waals surface area contributed by atoms with Crippen LogP contribution in [-0.2, 0) is 6.54 Å². The molecule has 2 rings (SSSR count). The highest BCUT2D eigenvalue weighted by atomic mass is 16.5. The van der Waals surface area contributed by atoms with Gasteiger partial charge in [-0.05, 0) is 6.07 Å². The fraction of sp³-hybridized carbons (Fsp3) is 0.615. The van der Waals surface area contributed by atoms with Crippen LogP contribution in [0.5, 0.6) is 5.88 Å². The Balaban J connectivity index is 1.87. The van der Waals surface area contributed by atoms with Crippen LogP contribution in [0.2, 0.25) is 0 Å². The van der Waals surface area contributed by atoms with Crippen LogP contribution in [0.25, 0.3) is 0 Å². The Hall–Kier alpha value is -1.17. The van der Waals surface area contributed by atoms with Crippen molar-refractivity contribution in [1.29, 1.82) is 0 Å². The van der Waals surface area contributed by atoms with E-state index in [-0.39, 0.29) is 0 Å². The summed E-state index contributed by atoms with van der Waals surface area (Å²) in [5.74, 6) is 0.738. The quantitative estimate of drug-likeness (QED) is 0.807. The van der Waals surface area contributed by atoms with Crippen molar-refractivity contribution >= 4 is 0 Å². The molecule has 5 nitrogen and oxygen atoms in total. The van der Waals surface area contributed by atoms with E-state index in [4.69, 9.17) is 10.5 Å². The second kappa shape index (κ2) is 6.68. The van der Waals surface area contributed by atoms with E-state index in [1.807, 2.05) is 6.07 Å². The molecule has 2 N–H and O–H groups in total. The number of hydrogen-bond donors (Lipinski definition) is 1. The van der Waals surface area contributed by atoms with E-state index in [0.29, 0.717) is 0 Å². The molecule has 0 saturated carbocycles. The normalized spacial score (nSPS) is 17.9. The van der Waals surface area contributed by atoms with Gasteiger partial charge in [0.15, 0.2) is 0 Å². The average molecular weight is 250 g/mol. The van der Waals surface area contributed by atoms with Crippen molar-refractivity contribution in [1.82, 2.24) is 14.8 Å². The molecule has 1 fully saturated rings. The van der Waals surface area contributed by atoms with E-state index in [9.17, 15) is 0 Å². The van der Waals surface area contributed by atoms with E-state index >= 15 is 0 Å². The minimum absolute atomic E-state index is 0.738. The second-order valence-corrected chi connectivity index (χ2v) is 4.58. The molecule has 5 heteroatoms. The minimum atomic E-state index is 0.738. The van der Waals surface area contributed by atoms with Crippen molar-refractivity contribution in [3.05, 3.63) is 23.9 Å². The molecule has 1 aromatic heterocycles. The Morgan fingerprint density at radius 2 is 2.00 bits per heavy atom. The van der Waals surface area contributed by atoms with Crippen LogP contribution in [0.3, 0.4) is 0 Å². The van der Waals surface area contributed by atoms with Crippen molar-refractivity contribution in [2.45, 2.75) is 6.54 Å². The summed E-state index contributed by atoms with van der Waals surface area (Å²) in [6, 6.07) is 4.04. The Morgan fingerprint density at radius 3 is 2.67 bits per heavy atom. The van der Waals surface area contributed by atoms with Crippen molar-refractivity contribution in [2.75, 3.05) is 46.4 Å². The van der Waals surface area contributed by atoms with Gasteiger partial charge >= 0.3 is 0 Å². The summed E-state index contributed by atoms with van der Waals surface area (Å²) >= 11 is 0. The smallest absolute Gasteiger partial charge is 0.217 e.